The van der Waals surface area contributed by atoms with Gasteiger partial charge in [0.15, 0.2) is 11.5 Å². The van der Waals surface area contributed by atoms with E-state index in [9.17, 15) is 0 Å². The number of ether oxygens (including phenoxy) is 2. The van der Waals surface area contributed by atoms with Crippen LogP contribution in [0.3, 0.4) is 0 Å². The second kappa shape index (κ2) is 11.6. The summed E-state index contributed by atoms with van der Waals surface area (Å²) < 4.78 is 10.9. The molecule has 1 aromatic heterocycles. The van der Waals surface area contributed by atoms with E-state index < -0.39 is 11.9 Å². The number of carboxylic acids is 2. The van der Waals surface area contributed by atoms with Crippen molar-refractivity contribution in [1.82, 2.24) is 20.0 Å². The molecule has 3 aromatic rings. The first kappa shape index (κ1) is 25.8. The number of hydrogen-bond acceptors (Lipinski definition) is 7. The minimum Gasteiger partial charge on any atom is -0.473 e. The van der Waals surface area contributed by atoms with Crippen LogP contribution < -0.4 is 9.47 Å². The first-order valence-corrected chi connectivity index (χ1v) is 11.8. The number of nitrogens with one attached hydrogen (secondary N) is 1. The molecule has 2 aliphatic heterocycles. The highest BCUT2D eigenvalue weighted by molar-refractivity contribution is 6.36. The Bertz CT molecular complexity index is 1230. The van der Waals surface area contributed by atoms with Crippen LogP contribution >= 0.6 is 23.2 Å². The molecule has 12 heteroatoms. The number of aliphatic carboxylic acids is 2. The number of rotatable bonds is 5. The van der Waals surface area contributed by atoms with Crippen molar-refractivity contribution in [2.24, 2.45) is 0 Å². The van der Waals surface area contributed by atoms with E-state index in [0.29, 0.717) is 16.8 Å². The predicted octanol–water partition coefficient (Wildman–Crippen LogP) is 3.59. The third kappa shape index (κ3) is 6.46. The van der Waals surface area contributed by atoms with Gasteiger partial charge >= 0.3 is 11.9 Å². The smallest absolute Gasteiger partial charge is 0.414 e. The number of carbonyl (C=O) groups is 2. The van der Waals surface area contributed by atoms with Crippen LogP contribution in [0, 0.1) is 0 Å². The van der Waals surface area contributed by atoms with E-state index in [0.717, 1.165) is 67.6 Å². The lowest BCUT2D eigenvalue weighted by molar-refractivity contribution is -0.159. The third-order valence-electron chi connectivity index (χ3n) is 5.80. The van der Waals surface area contributed by atoms with Gasteiger partial charge in [0.05, 0.1) is 16.9 Å². The van der Waals surface area contributed by atoms with Gasteiger partial charge in [0.25, 0.3) is 0 Å². The molecule has 10 nitrogen and oxygen atoms in total. The van der Waals surface area contributed by atoms with Crippen molar-refractivity contribution in [3.63, 3.8) is 0 Å². The molecule has 0 unspecified atom stereocenters. The normalized spacial score (nSPS) is 15.3. The number of hydrogen-bond donors (Lipinski definition) is 3. The zero-order chi connectivity index (χ0) is 25.7. The molecule has 2 aliphatic rings. The van der Waals surface area contributed by atoms with Crippen molar-refractivity contribution < 1.29 is 29.3 Å². The van der Waals surface area contributed by atoms with Gasteiger partial charge in [-0.25, -0.2) is 9.59 Å². The monoisotopic (exact) mass is 534 g/mol. The summed E-state index contributed by atoms with van der Waals surface area (Å²) in [5, 5.41) is 23.4. The molecule has 190 valence electrons. The second-order valence-corrected chi connectivity index (χ2v) is 9.09. The Morgan fingerprint density at radius 1 is 0.917 bits per heavy atom. The first-order chi connectivity index (χ1) is 17.3. The van der Waals surface area contributed by atoms with Gasteiger partial charge in [-0.3, -0.25) is 14.9 Å². The first-order valence-electron chi connectivity index (χ1n) is 11.1. The van der Waals surface area contributed by atoms with Crippen LogP contribution in [0.5, 0.6) is 11.5 Å². The molecular weight excluding hydrogens is 511 g/mol. The van der Waals surface area contributed by atoms with Crippen molar-refractivity contribution in [3.8, 4) is 22.8 Å². The standard InChI is InChI=1S/C22H22Cl2N4O2.C2H2O4/c23-17-2-3-18(19(24)10-17)22-16(11-25-26-22)13-28-7-5-27(6-8-28)12-15-1-4-20-21(9-15)30-14-29-20;3-1(4)2(5)6/h1-4,9-11H,5-8,12-14H2,(H,25,26);(H,3,4)(H,5,6). The topological polar surface area (TPSA) is 128 Å². The van der Waals surface area contributed by atoms with Gasteiger partial charge in [0.1, 0.15) is 0 Å². The van der Waals surface area contributed by atoms with Gasteiger partial charge in [-0.1, -0.05) is 29.3 Å². The predicted molar refractivity (Wildman–Crippen MR) is 132 cm³/mol. The second-order valence-electron chi connectivity index (χ2n) is 8.24. The fraction of sp³-hybridized carbons (Fsp3) is 0.292. The van der Waals surface area contributed by atoms with Crippen molar-refractivity contribution in [2.45, 2.75) is 13.1 Å². The van der Waals surface area contributed by atoms with Crippen molar-refractivity contribution >= 4 is 35.1 Å². The van der Waals surface area contributed by atoms with Gasteiger partial charge in [-0.15, -0.1) is 0 Å². The maximum atomic E-state index is 9.10. The molecule has 1 saturated heterocycles. The molecule has 1 fully saturated rings. The summed E-state index contributed by atoms with van der Waals surface area (Å²) in [6, 6.07) is 11.7. The molecule has 0 aliphatic carbocycles. The van der Waals surface area contributed by atoms with E-state index in [4.69, 9.17) is 52.5 Å². The maximum Gasteiger partial charge on any atom is 0.414 e. The number of benzene rings is 2. The Kier molecular flexibility index (Phi) is 8.32. The van der Waals surface area contributed by atoms with Crippen LogP contribution in [-0.4, -0.2) is 75.1 Å². The fourth-order valence-corrected chi connectivity index (χ4v) is 4.50. The Hall–Kier alpha value is -3.31. The maximum absolute atomic E-state index is 9.10. The van der Waals surface area contributed by atoms with Crippen LogP contribution in [0.15, 0.2) is 42.6 Å². The number of piperazine rings is 1. The molecule has 5 rings (SSSR count). The minimum atomic E-state index is -1.82. The zero-order valence-electron chi connectivity index (χ0n) is 19.1. The number of H-pyrrole nitrogens is 1. The molecule has 0 saturated carbocycles. The van der Waals surface area contributed by atoms with Crippen LogP contribution in [0.2, 0.25) is 10.0 Å². The van der Waals surface area contributed by atoms with Gasteiger partial charge < -0.3 is 19.7 Å². The molecule has 0 atom stereocenters. The van der Waals surface area contributed by atoms with Crippen molar-refractivity contribution in [3.05, 3.63) is 63.8 Å². The SMILES string of the molecule is Clc1ccc(-c2[nH]ncc2CN2CCN(Cc3ccc4c(c3)OCO4)CC2)c(Cl)c1.O=C(O)C(=O)O. The molecule has 0 bridgehead atoms. The Labute approximate surface area is 216 Å². The van der Waals surface area contributed by atoms with E-state index in [1.54, 1.807) is 6.07 Å². The summed E-state index contributed by atoms with van der Waals surface area (Å²) >= 11 is 12.4. The molecule has 36 heavy (non-hydrogen) atoms. The largest absolute Gasteiger partial charge is 0.473 e. The number of aromatic amines is 1. The number of carboxylic acid groups (broad SMARTS) is 2. The molecule has 3 N–H and O–H groups in total. The Balaban J connectivity index is 0.000000455. The lowest BCUT2D eigenvalue weighted by Crippen LogP contribution is -2.45. The Morgan fingerprint density at radius 2 is 1.58 bits per heavy atom. The van der Waals surface area contributed by atoms with Gasteiger partial charge in [0.2, 0.25) is 6.79 Å². The Morgan fingerprint density at radius 3 is 2.25 bits per heavy atom. The van der Waals surface area contributed by atoms with Crippen molar-refractivity contribution in [1.29, 1.82) is 0 Å². The highest BCUT2D eigenvalue weighted by Crippen LogP contribution is 2.33. The van der Waals surface area contributed by atoms with Crippen LogP contribution in [0.4, 0.5) is 0 Å². The summed E-state index contributed by atoms with van der Waals surface area (Å²) in [5.41, 5.74) is 4.28. The van der Waals surface area contributed by atoms with Crippen LogP contribution in [0.1, 0.15) is 11.1 Å². The number of fused-ring (bicyclic) bond motifs is 1. The zero-order valence-corrected chi connectivity index (χ0v) is 20.6. The van der Waals surface area contributed by atoms with Crippen molar-refractivity contribution in [2.75, 3.05) is 33.0 Å². The lowest BCUT2D eigenvalue weighted by atomic mass is 10.1. The van der Waals surface area contributed by atoms with Gasteiger partial charge in [0, 0.05) is 55.4 Å². The number of aromatic nitrogens is 2. The number of nitrogens with zero attached hydrogens (tertiary/aromatic N) is 3. The fourth-order valence-electron chi connectivity index (χ4n) is 4.00. The van der Waals surface area contributed by atoms with E-state index >= 15 is 0 Å². The lowest BCUT2D eigenvalue weighted by Gasteiger charge is -2.34. The average molecular weight is 535 g/mol. The third-order valence-corrected chi connectivity index (χ3v) is 6.35. The summed E-state index contributed by atoms with van der Waals surface area (Å²) in [6.07, 6.45) is 1.89. The molecule has 0 spiro atoms. The molecular formula is C24H24Cl2N4O6. The summed E-state index contributed by atoms with van der Waals surface area (Å²) in [7, 11) is 0. The highest BCUT2D eigenvalue weighted by atomic mass is 35.5. The van der Waals surface area contributed by atoms with E-state index in [1.807, 2.05) is 24.4 Å². The van der Waals surface area contributed by atoms with E-state index in [-0.39, 0.29) is 0 Å². The molecule has 0 radical (unpaired) electrons. The highest BCUT2D eigenvalue weighted by Gasteiger charge is 2.21. The average Bonchev–Trinajstić information content (AvgIpc) is 3.50. The number of halogens is 2. The van der Waals surface area contributed by atoms with Crippen LogP contribution in [-0.2, 0) is 22.7 Å². The summed E-state index contributed by atoms with van der Waals surface area (Å²) in [5.74, 6) is -1.97. The quantitative estimate of drug-likeness (QED) is 0.420. The van der Waals surface area contributed by atoms with Gasteiger partial charge in [-0.05, 0) is 35.9 Å². The molecule has 0 amide bonds. The summed E-state index contributed by atoms with van der Waals surface area (Å²) in [4.78, 5) is 23.1. The minimum absolute atomic E-state index is 0.314. The molecule has 2 aromatic carbocycles. The van der Waals surface area contributed by atoms with Gasteiger partial charge in [-0.2, -0.15) is 5.10 Å². The summed E-state index contributed by atoms with van der Waals surface area (Å²) in [6.45, 7) is 6.11. The van der Waals surface area contributed by atoms with E-state index in [1.165, 1.54) is 5.56 Å². The van der Waals surface area contributed by atoms with E-state index in [2.05, 4.69) is 32.1 Å². The molecule has 3 heterocycles. The van der Waals surface area contributed by atoms with Crippen LogP contribution in [0.25, 0.3) is 11.3 Å².